The van der Waals surface area contributed by atoms with Crippen LogP contribution in [-0.4, -0.2) is 28.6 Å². The first kappa shape index (κ1) is 12.9. The largest absolute Gasteiger partial charge is 0.491 e. The zero-order valence-electron chi connectivity index (χ0n) is 12.2. The van der Waals surface area contributed by atoms with Crippen LogP contribution in [-0.2, 0) is 7.05 Å². The van der Waals surface area contributed by atoms with Crippen LogP contribution in [0.15, 0.2) is 42.7 Å². The van der Waals surface area contributed by atoms with E-state index < -0.39 is 0 Å². The van der Waals surface area contributed by atoms with E-state index in [-0.39, 0.29) is 5.91 Å². The van der Waals surface area contributed by atoms with Crippen LogP contribution in [0.5, 0.6) is 5.75 Å². The molecule has 3 aromatic rings. The lowest BCUT2D eigenvalue weighted by molar-refractivity contribution is 0.0957. The average Bonchev–Trinajstić information content (AvgIpc) is 2.81. The third-order valence-electron chi connectivity index (χ3n) is 3.93. The van der Waals surface area contributed by atoms with Crippen LogP contribution < -0.4 is 10.1 Å². The molecule has 0 atom stereocenters. The van der Waals surface area contributed by atoms with Crippen molar-refractivity contribution < 1.29 is 9.53 Å². The number of nitrogens with one attached hydrogen (secondary N) is 1. The van der Waals surface area contributed by atoms with Gasteiger partial charge in [0, 0.05) is 7.05 Å². The van der Waals surface area contributed by atoms with Gasteiger partial charge >= 0.3 is 0 Å². The first-order valence-corrected chi connectivity index (χ1v) is 7.19. The molecule has 0 unspecified atom stereocenters. The summed E-state index contributed by atoms with van der Waals surface area (Å²) in [5.74, 6) is 0.552. The van der Waals surface area contributed by atoms with Gasteiger partial charge in [0.05, 0.1) is 29.5 Å². The van der Waals surface area contributed by atoms with Gasteiger partial charge in [-0.2, -0.15) is 0 Å². The molecule has 5 heteroatoms. The van der Waals surface area contributed by atoms with Crippen molar-refractivity contribution >= 4 is 16.9 Å². The summed E-state index contributed by atoms with van der Waals surface area (Å²) in [6.07, 6.45) is 1.80. The third kappa shape index (κ3) is 2.02. The first-order chi connectivity index (χ1) is 10.7. The Kier molecular flexibility index (Phi) is 2.85. The maximum absolute atomic E-state index is 12.1. The second kappa shape index (κ2) is 4.87. The van der Waals surface area contributed by atoms with Crippen molar-refractivity contribution in [3.63, 3.8) is 0 Å². The standard InChI is InChI=1S/C17H15N3O2/c1-20-10-19-14-4-2-12(9-15(14)20)11-3-5-16-13(8-11)17(21)18-6-7-22-16/h2-5,8-10H,6-7H2,1H3,(H,18,21). The molecule has 0 bridgehead atoms. The van der Waals surface area contributed by atoms with E-state index in [9.17, 15) is 4.79 Å². The minimum atomic E-state index is -0.0871. The highest BCUT2D eigenvalue weighted by Crippen LogP contribution is 2.29. The molecule has 0 aliphatic carbocycles. The Balaban J connectivity index is 1.84. The summed E-state index contributed by atoms with van der Waals surface area (Å²) in [6, 6.07) is 11.8. The molecule has 0 fully saturated rings. The molecule has 0 spiro atoms. The average molecular weight is 293 g/mol. The molecule has 22 heavy (non-hydrogen) atoms. The molecule has 1 amide bonds. The second-order valence-electron chi connectivity index (χ2n) is 5.37. The maximum Gasteiger partial charge on any atom is 0.255 e. The molecule has 1 N–H and O–H groups in total. The Morgan fingerprint density at radius 3 is 2.91 bits per heavy atom. The zero-order chi connectivity index (χ0) is 15.1. The van der Waals surface area contributed by atoms with E-state index in [1.54, 1.807) is 6.33 Å². The van der Waals surface area contributed by atoms with E-state index in [0.29, 0.717) is 24.5 Å². The summed E-state index contributed by atoms with van der Waals surface area (Å²) < 4.78 is 7.57. The Bertz CT molecular complexity index is 883. The molecule has 2 heterocycles. The summed E-state index contributed by atoms with van der Waals surface area (Å²) in [5, 5.41) is 2.84. The quantitative estimate of drug-likeness (QED) is 0.749. The summed E-state index contributed by atoms with van der Waals surface area (Å²) >= 11 is 0. The summed E-state index contributed by atoms with van der Waals surface area (Å²) in [4.78, 5) is 16.4. The van der Waals surface area contributed by atoms with Gasteiger partial charge in [0.2, 0.25) is 0 Å². The fourth-order valence-electron chi connectivity index (χ4n) is 2.74. The van der Waals surface area contributed by atoms with E-state index in [4.69, 9.17) is 4.74 Å². The predicted octanol–water partition coefficient (Wildman–Crippen LogP) is 2.36. The van der Waals surface area contributed by atoms with Crippen LogP contribution in [0.25, 0.3) is 22.2 Å². The molecule has 1 aliphatic heterocycles. The molecule has 0 saturated heterocycles. The Morgan fingerprint density at radius 2 is 2.00 bits per heavy atom. The number of amides is 1. The minimum Gasteiger partial charge on any atom is -0.491 e. The van der Waals surface area contributed by atoms with Crippen molar-refractivity contribution in [3.05, 3.63) is 48.3 Å². The number of imidazole rings is 1. The van der Waals surface area contributed by atoms with Crippen LogP contribution in [0.1, 0.15) is 10.4 Å². The van der Waals surface area contributed by atoms with Gasteiger partial charge < -0.3 is 14.6 Å². The highest BCUT2D eigenvalue weighted by molar-refractivity contribution is 5.98. The highest BCUT2D eigenvalue weighted by atomic mass is 16.5. The van der Waals surface area contributed by atoms with Gasteiger partial charge in [-0.3, -0.25) is 4.79 Å². The molecule has 4 rings (SSSR count). The first-order valence-electron chi connectivity index (χ1n) is 7.19. The fraction of sp³-hybridized carbons (Fsp3) is 0.176. The van der Waals surface area contributed by atoms with E-state index in [1.807, 2.05) is 41.9 Å². The number of hydrogen-bond acceptors (Lipinski definition) is 3. The number of benzene rings is 2. The number of carbonyl (C=O) groups is 1. The van der Waals surface area contributed by atoms with Gasteiger partial charge in [-0.15, -0.1) is 0 Å². The summed E-state index contributed by atoms with van der Waals surface area (Å²) in [5.41, 5.74) is 4.65. The lowest BCUT2D eigenvalue weighted by Crippen LogP contribution is -2.24. The van der Waals surface area contributed by atoms with Gasteiger partial charge in [-0.25, -0.2) is 4.98 Å². The minimum absolute atomic E-state index is 0.0871. The number of nitrogens with zero attached hydrogens (tertiary/aromatic N) is 2. The van der Waals surface area contributed by atoms with Crippen LogP contribution in [0.4, 0.5) is 0 Å². The number of fused-ring (bicyclic) bond motifs is 2. The third-order valence-corrected chi connectivity index (χ3v) is 3.93. The van der Waals surface area contributed by atoms with Gasteiger partial charge in [0.25, 0.3) is 5.91 Å². The van der Waals surface area contributed by atoms with Crippen LogP contribution >= 0.6 is 0 Å². The van der Waals surface area contributed by atoms with Crippen molar-refractivity contribution in [2.75, 3.05) is 13.2 Å². The lowest BCUT2D eigenvalue weighted by atomic mass is 10.0. The molecular weight excluding hydrogens is 278 g/mol. The smallest absolute Gasteiger partial charge is 0.255 e. The normalized spacial score (nSPS) is 14.1. The fourth-order valence-corrected chi connectivity index (χ4v) is 2.74. The molecule has 110 valence electrons. The number of hydrogen-bond donors (Lipinski definition) is 1. The van der Waals surface area contributed by atoms with Gasteiger partial charge in [-0.1, -0.05) is 12.1 Å². The zero-order valence-corrected chi connectivity index (χ0v) is 12.2. The number of carbonyl (C=O) groups excluding carboxylic acids is 1. The van der Waals surface area contributed by atoms with Crippen molar-refractivity contribution in [1.82, 2.24) is 14.9 Å². The molecule has 1 aromatic heterocycles. The molecule has 0 saturated carbocycles. The maximum atomic E-state index is 12.1. The van der Waals surface area contributed by atoms with Crippen LogP contribution in [0.2, 0.25) is 0 Å². The van der Waals surface area contributed by atoms with Crippen molar-refractivity contribution in [2.45, 2.75) is 0 Å². The van der Waals surface area contributed by atoms with Gasteiger partial charge in [0.15, 0.2) is 0 Å². The number of aryl methyl sites for hydroxylation is 1. The van der Waals surface area contributed by atoms with Crippen molar-refractivity contribution in [3.8, 4) is 16.9 Å². The molecule has 5 nitrogen and oxygen atoms in total. The van der Waals surface area contributed by atoms with Crippen molar-refractivity contribution in [2.24, 2.45) is 7.05 Å². The predicted molar refractivity (Wildman–Crippen MR) is 84.0 cm³/mol. The van der Waals surface area contributed by atoms with E-state index in [0.717, 1.165) is 22.2 Å². The number of rotatable bonds is 1. The van der Waals surface area contributed by atoms with Crippen molar-refractivity contribution in [1.29, 1.82) is 0 Å². The molecule has 1 aliphatic rings. The second-order valence-corrected chi connectivity index (χ2v) is 5.37. The Hall–Kier alpha value is -2.82. The Labute approximate surface area is 127 Å². The lowest BCUT2D eigenvalue weighted by Gasteiger charge is -2.08. The summed E-state index contributed by atoms with van der Waals surface area (Å²) in [7, 11) is 1.97. The summed E-state index contributed by atoms with van der Waals surface area (Å²) in [6.45, 7) is 1.03. The monoisotopic (exact) mass is 293 g/mol. The van der Waals surface area contributed by atoms with E-state index >= 15 is 0 Å². The number of ether oxygens (including phenoxy) is 1. The molecular formula is C17H15N3O2. The molecule has 0 radical (unpaired) electrons. The topological polar surface area (TPSA) is 56.2 Å². The van der Waals surface area contributed by atoms with E-state index in [2.05, 4.69) is 16.4 Å². The molecule has 2 aromatic carbocycles. The van der Waals surface area contributed by atoms with Crippen LogP contribution in [0.3, 0.4) is 0 Å². The Morgan fingerprint density at radius 1 is 1.18 bits per heavy atom. The number of aromatic nitrogens is 2. The highest BCUT2D eigenvalue weighted by Gasteiger charge is 2.17. The van der Waals surface area contributed by atoms with Gasteiger partial charge in [0.1, 0.15) is 12.4 Å². The van der Waals surface area contributed by atoms with Crippen LogP contribution in [0, 0.1) is 0 Å². The van der Waals surface area contributed by atoms with E-state index in [1.165, 1.54) is 0 Å². The SMILES string of the molecule is Cn1cnc2ccc(-c3ccc4c(c3)C(=O)NCCO4)cc21. The van der Waals surface area contributed by atoms with Gasteiger partial charge in [-0.05, 0) is 35.4 Å².